The summed E-state index contributed by atoms with van der Waals surface area (Å²) in [4.78, 5) is 14.7. The molecule has 1 aromatic heterocycles. The predicted octanol–water partition coefficient (Wildman–Crippen LogP) is 2.76. The van der Waals surface area contributed by atoms with Crippen LogP contribution in [-0.2, 0) is 48.7 Å². The zero-order valence-corrected chi connectivity index (χ0v) is 17.3. The number of carbonyl (C=O) groups is 1. The Labute approximate surface area is 170 Å². The SMILES string of the molecule is CN1CCc2cc(S(=O)(=O)NC(=O)Nc3c4c(cc5c3CCC5)CCC4)oc2C1. The first-order valence-electron chi connectivity index (χ1n) is 10.2. The second-order valence-corrected chi connectivity index (χ2v) is 9.91. The number of likely N-dealkylation sites (N-methyl/N-ethyl adjacent to an activating group) is 1. The molecule has 3 aliphatic rings. The lowest BCUT2D eigenvalue weighted by Gasteiger charge is -2.20. The van der Waals surface area contributed by atoms with Gasteiger partial charge in [0.05, 0.1) is 6.54 Å². The Morgan fingerprint density at radius 3 is 2.38 bits per heavy atom. The maximum Gasteiger partial charge on any atom is 0.333 e. The van der Waals surface area contributed by atoms with Gasteiger partial charge in [0.15, 0.2) is 0 Å². The summed E-state index contributed by atoms with van der Waals surface area (Å²) in [5, 5.41) is 2.66. The van der Waals surface area contributed by atoms with E-state index in [0.29, 0.717) is 12.3 Å². The van der Waals surface area contributed by atoms with Crippen LogP contribution in [0.3, 0.4) is 0 Å². The van der Waals surface area contributed by atoms with Gasteiger partial charge in [-0.3, -0.25) is 4.90 Å². The molecule has 29 heavy (non-hydrogen) atoms. The zero-order valence-electron chi connectivity index (χ0n) is 16.5. The molecule has 0 fully saturated rings. The summed E-state index contributed by atoms with van der Waals surface area (Å²) in [6, 6.07) is 3.08. The van der Waals surface area contributed by atoms with Crippen LogP contribution in [0.4, 0.5) is 10.5 Å². The van der Waals surface area contributed by atoms with Crippen LogP contribution in [0, 0.1) is 0 Å². The first kappa shape index (κ1) is 18.7. The maximum absolute atomic E-state index is 12.7. The summed E-state index contributed by atoms with van der Waals surface area (Å²) >= 11 is 0. The van der Waals surface area contributed by atoms with Gasteiger partial charge in [-0.05, 0) is 79.8 Å². The molecule has 2 heterocycles. The number of hydrogen-bond acceptors (Lipinski definition) is 5. The highest BCUT2D eigenvalue weighted by Gasteiger charge is 2.29. The highest BCUT2D eigenvalue weighted by Crippen LogP contribution is 2.38. The van der Waals surface area contributed by atoms with Gasteiger partial charge >= 0.3 is 6.03 Å². The maximum atomic E-state index is 12.7. The third kappa shape index (κ3) is 3.34. The van der Waals surface area contributed by atoms with Crippen molar-refractivity contribution in [1.82, 2.24) is 9.62 Å². The lowest BCUT2D eigenvalue weighted by atomic mass is 9.99. The predicted molar refractivity (Wildman–Crippen MR) is 109 cm³/mol. The van der Waals surface area contributed by atoms with Crippen molar-refractivity contribution in [3.63, 3.8) is 0 Å². The van der Waals surface area contributed by atoms with E-state index in [1.54, 1.807) is 0 Å². The van der Waals surface area contributed by atoms with Crippen LogP contribution in [0.2, 0.25) is 0 Å². The van der Waals surface area contributed by atoms with Crippen LogP contribution in [0.5, 0.6) is 0 Å². The van der Waals surface area contributed by atoms with E-state index < -0.39 is 16.1 Å². The molecule has 5 rings (SSSR count). The average Bonchev–Trinajstić information content (AvgIpc) is 3.39. The number of fused-ring (bicyclic) bond motifs is 3. The monoisotopic (exact) mass is 415 g/mol. The Kier molecular flexibility index (Phi) is 4.43. The molecular weight excluding hydrogens is 390 g/mol. The van der Waals surface area contributed by atoms with E-state index in [0.717, 1.165) is 73.9 Å². The Morgan fingerprint density at radius 1 is 1.00 bits per heavy atom. The normalized spacial score (nSPS) is 18.2. The van der Waals surface area contributed by atoms with Crippen LogP contribution in [-0.4, -0.2) is 32.9 Å². The molecule has 1 aromatic carbocycles. The van der Waals surface area contributed by atoms with E-state index >= 15 is 0 Å². The number of anilines is 1. The third-order valence-corrected chi connectivity index (χ3v) is 7.44. The zero-order chi connectivity index (χ0) is 20.2. The number of aryl methyl sites for hydroxylation is 2. The van der Waals surface area contributed by atoms with Crippen LogP contribution in [0.15, 0.2) is 21.6 Å². The number of nitrogens with zero attached hydrogens (tertiary/aromatic N) is 1. The van der Waals surface area contributed by atoms with Crippen molar-refractivity contribution in [2.75, 3.05) is 18.9 Å². The van der Waals surface area contributed by atoms with Crippen LogP contribution in [0.1, 0.15) is 46.4 Å². The van der Waals surface area contributed by atoms with Crippen molar-refractivity contribution in [2.24, 2.45) is 0 Å². The van der Waals surface area contributed by atoms with Gasteiger partial charge in [-0.25, -0.2) is 9.52 Å². The number of benzene rings is 1. The second-order valence-electron chi connectivity index (χ2n) is 8.30. The van der Waals surface area contributed by atoms with Crippen molar-refractivity contribution < 1.29 is 17.6 Å². The fourth-order valence-corrected chi connectivity index (χ4v) is 5.73. The minimum atomic E-state index is -4.07. The largest absolute Gasteiger partial charge is 0.446 e. The van der Waals surface area contributed by atoms with E-state index in [1.807, 2.05) is 7.05 Å². The number of amides is 2. The number of urea groups is 1. The summed E-state index contributed by atoms with van der Waals surface area (Å²) in [6.45, 7) is 1.42. The Morgan fingerprint density at radius 2 is 1.69 bits per heavy atom. The number of furan rings is 1. The number of carbonyl (C=O) groups excluding carboxylic acids is 1. The van der Waals surface area contributed by atoms with E-state index in [4.69, 9.17) is 4.42 Å². The number of sulfonamides is 1. The van der Waals surface area contributed by atoms with Gasteiger partial charge in [0.25, 0.3) is 10.0 Å². The molecule has 2 amide bonds. The molecule has 0 spiro atoms. The Bertz CT molecular complexity index is 1070. The molecule has 2 N–H and O–H groups in total. The van der Waals surface area contributed by atoms with Crippen molar-refractivity contribution in [3.8, 4) is 0 Å². The minimum Gasteiger partial charge on any atom is -0.446 e. The summed E-state index contributed by atoms with van der Waals surface area (Å²) in [7, 11) is -2.11. The summed E-state index contributed by atoms with van der Waals surface area (Å²) < 4.78 is 33.1. The van der Waals surface area contributed by atoms with Gasteiger partial charge in [0.1, 0.15) is 5.76 Å². The molecule has 0 bridgehead atoms. The molecule has 8 heteroatoms. The number of rotatable bonds is 3. The standard InChI is InChI=1S/C21H25N3O4S/c1-24-9-8-15-11-19(28-18(15)12-24)29(26,27)23-21(25)22-20-16-6-2-4-13(16)10-14-5-3-7-17(14)20/h10-11H,2-9,12H2,1H3,(H2,22,23,25). The summed E-state index contributed by atoms with van der Waals surface area (Å²) in [5.41, 5.74) is 6.60. The minimum absolute atomic E-state index is 0.198. The quantitative estimate of drug-likeness (QED) is 0.804. The highest BCUT2D eigenvalue weighted by molar-refractivity contribution is 7.89. The molecule has 1 aliphatic heterocycles. The van der Waals surface area contributed by atoms with Crippen molar-refractivity contribution in [3.05, 3.63) is 45.7 Å². The molecule has 0 saturated heterocycles. The van der Waals surface area contributed by atoms with Gasteiger partial charge in [0.2, 0.25) is 5.09 Å². The lowest BCUT2D eigenvalue weighted by molar-refractivity contribution is 0.255. The van der Waals surface area contributed by atoms with Gasteiger partial charge in [-0.2, -0.15) is 8.42 Å². The molecule has 0 radical (unpaired) electrons. The van der Waals surface area contributed by atoms with E-state index in [2.05, 4.69) is 21.0 Å². The lowest BCUT2D eigenvalue weighted by Crippen LogP contribution is -2.34. The van der Waals surface area contributed by atoms with Crippen LogP contribution < -0.4 is 10.0 Å². The highest BCUT2D eigenvalue weighted by atomic mass is 32.2. The van der Waals surface area contributed by atoms with Gasteiger partial charge in [-0.1, -0.05) is 6.07 Å². The molecule has 0 saturated carbocycles. The Hall–Kier alpha value is -2.32. The third-order valence-electron chi connectivity index (χ3n) is 6.25. The fraction of sp³-hybridized carbons (Fsp3) is 0.476. The van der Waals surface area contributed by atoms with Crippen molar-refractivity contribution >= 4 is 21.7 Å². The molecule has 154 valence electrons. The molecule has 2 aliphatic carbocycles. The van der Waals surface area contributed by atoms with E-state index in [-0.39, 0.29) is 5.09 Å². The van der Waals surface area contributed by atoms with E-state index in [1.165, 1.54) is 17.2 Å². The van der Waals surface area contributed by atoms with Crippen LogP contribution >= 0.6 is 0 Å². The average molecular weight is 416 g/mol. The van der Waals surface area contributed by atoms with Crippen molar-refractivity contribution in [2.45, 2.75) is 56.6 Å². The molecule has 2 aromatic rings. The number of nitrogens with one attached hydrogen (secondary N) is 2. The van der Waals surface area contributed by atoms with Gasteiger partial charge < -0.3 is 9.73 Å². The van der Waals surface area contributed by atoms with Crippen LogP contribution in [0.25, 0.3) is 0 Å². The number of hydrogen-bond donors (Lipinski definition) is 2. The second kappa shape index (κ2) is 6.88. The first-order valence-corrected chi connectivity index (χ1v) is 11.7. The topological polar surface area (TPSA) is 91.7 Å². The molecular formula is C21H25N3O4S. The molecule has 0 atom stereocenters. The fourth-order valence-electron chi connectivity index (χ4n) is 4.83. The molecule has 0 unspecified atom stereocenters. The first-order chi connectivity index (χ1) is 13.9. The van der Waals surface area contributed by atoms with E-state index in [9.17, 15) is 13.2 Å². The van der Waals surface area contributed by atoms with Crippen molar-refractivity contribution in [1.29, 1.82) is 0 Å². The van der Waals surface area contributed by atoms with Gasteiger partial charge in [-0.15, -0.1) is 0 Å². The van der Waals surface area contributed by atoms with Gasteiger partial charge in [0, 0.05) is 18.3 Å². The summed E-state index contributed by atoms with van der Waals surface area (Å²) in [6.07, 6.45) is 6.75. The Balaban J connectivity index is 1.38. The molecule has 7 nitrogen and oxygen atoms in total. The smallest absolute Gasteiger partial charge is 0.333 e. The summed E-state index contributed by atoms with van der Waals surface area (Å²) in [5.74, 6) is 0.651.